The van der Waals surface area contributed by atoms with Gasteiger partial charge < -0.3 is 14.6 Å². The summed E-state index contributed by atoms with van der Waals surface area (Å²) in [5, 5.41) is 10.2. The molecule has 1 atom stereocenters. The number of Topliss-reactive ketones (excluding diaryl/α,β-unsaturated/α-hetero) is 1. The second-order valence-corrected chi connectivity index (χ2v) is 4.58. The highest BCUT2D eigenvalue weighted by Gasteiger charge is 2.46. The lowest BCUT2D eigenvalue weighted by molar-refractivity contribution is -0.173. The molecule has 6 heteroatoms. The van der Waals surface area contributed by atoms with Gasteiger partial charge in [-0.05, 0) is 26.2 Å². The van der Waals surface area contributed by atoms with Crippen LogP contribution in [0.5, 0.6) is 0 Å². The average molecular weight is 274 g/mol. The van der Waals surface area contributed by atoms with Crippen molar-refractivity contribution in [2.24, 2.45) is 5.92 Å². The van der Waals surface area contributed by atoms with E-state index in [0.717, 1.165) is 0 Å². The maximum absolute atomic E-state index is 12.0. The summed E-state index contributed by atoms with van der Waals surface area (Å²) < 4.78 is 9.34. The fraction of sp³-hybridized carbons (Fsp3) is 0.769. The molecule has 0 heterocycles. The molecule has 0 saturated heterocycles. The van der Waals surface area contributed by atoms with E-state index >= 15 is 0 Å². The lowest BCUT2D eigenvalue weighted by Crippen LogP contribution is -2.49. The van der Waals surface area contributed by atoms with Crippen LogP contribution in [-0.2, 0) is 23.9 Å². The van der Waals surface area contributed by atoms with Crippen molar-refractivity contribution < 1.29 is 29.0 Å². The summed E-state index contributed by atoms with van der Waals surface area (Å²) in [5.74, 6) is -2.78. The van der Waals surface area contributed by atoms with E-state index in [9.17, 15) is 19.5 Å². The lowest BCUT2D eigenvalue weighted by atomic mass is 9.87. The first-order chi connectivity index (χ1) is 8.77. The van der Waals surface area contributed by atoms with Gasteiger partial charge in [0.2, 0.25) is 5.60 Å². The minimum Gasteiger partial charge on any atom is -0.466 e. The van der Waals surface area contributed by atoms with Crippen LogP contribution in [0, 0.1) is 5.92 Å². The first-order valence-corrected chi connectivity index (χ1v) is 6.36. The van der Waals surface area contributed by atoms with Gasteiger partial charge in [0.15, 0.2) is 5.78 Å². The first-order valence-electron chi connectivity index (χ1n) is 6.36. The van der Waals surface area contributed by atoms with Crippen LogP contribution < -0.4 is 0 Å². The van der Waals surface area contributed by atoms with Gasteiger partial charge in [0.05, 0.1) is 13.2 Å². The van der Waals surface area contributed by atoms with Gasteiger partial charge in [-0.1, -0.05) is 13.8 Å². The van der Waals surface area contributed by atoms with E-state index in [1.165, 1.54) is 0 Å². The molecule has 1 N–H and O–H groups in total. The normalized spacial score (nSPS) is 13.8. The standard InChI is InChI=1S/C13H22O6/c1-5-18-11(15)7-10(14)13(17,8-9(3)4)12(16)19-6-2/h9,17H,5-8H2,1-4H3. The third-order valence-electron chi connectivity index (χ3n) is 2.39. The maximum atomic E-state index is 12.0. The molecule has 1 unspecified atom stereocenters. The molecular weight excluding hydrogens is 252 g/mol. The van der Waals surface area contributed by atoms with Crippen LogP contribution in [0.2, 0.25) is 0 Å². The van der Waals surface area contributed by atoms with Crippen molar-refractivity contribution >= 4 is 17.7 Å². The Bertz CT molecular complexity index is 336. The molecule has 0 spiro atoms. The van der Waals surface area contributed by atoms with Crippen LogP contribution in [0.3, 0.4) is 0 Å². The van der Waals surface area contributed by atoms with E-state index in [4.69, 9.17) is 4.74 Å². The molecular formula is C13H22O6. The number of esters is 2. The fourth-order valence-corrected chi connectivity index (χ4v) is 1.64. The average Bonchev–Trinajstić information content (AvgIpc) is 2.28. The second kappa shape index (κ2) is 7.89. The Morgan fingerprint density at radius 3 is 2.05 bits per heavy atom. The monoisotopic (exact) mass is 274 g/mol. The Morgan fingerprint density at radius 1 is 1.11 bits per heavy atom. The van der Waals surface area contributed by atoms with Crippen LogP contribution in [0.4, 0.5) is 0 Å². The van der Waals surface area contributed by atoms with Gasteiger partial charge in [-0.2, -0.15) is 0 Å². The van der Waals surface area contributed by atoms with Gasteiger partial charge in [-0.3, -0.25) is 9.59 Å². The molecule has 6 nitrogen and oxygen atoms in total. The highest BCUT2D eigenvalue weighted by atomic mass is 16.6. The minimum atomic E-state index is -2.28. The number of hydrogen-bond acceptors (Lipinski definition) is 6. The number of aliphatic hydroxyl groups is 1. The SMILES string of the molecule is CCOC(=O)CC(=O)C(O)(CC(C)C)C(=O)OCC. The molecule has 0 aromatic carbocycles. The summed E-state index contributed by atoms with van der Waals surface area (Å²) in [6.07, 6.45) is -0.736. The Kier molecular flexibility index (Phi) is 7.29. The van der Waals surface area contributed by atoms with Crippen molar-refractivity contribution in [3.63, 3.8) is 0 Å². The molecule has 110 valence electrons. The van der Waals surface area contributed by atoms with E-state index < -0.39 is 29.7 Å². The molecule has 0 aliphatic rings. The largest absolute Gasteiger partial charge is 0.466 e. The maximum Gasteiger partial charge on any atom is 0.346 e. The summed E-state index contributed by atoms with van der Waals surface area (Å²) in [5.41, 5.74) is -2.28. The predicted molar refractivity (Wildman–Crippen MR) is 67.3 cm³/mol. The summed E-state index contributed by atoms with van der Waals surface area (Å²) in [4.78, 5) is 34.9. The third-order valence-corrected chi connectivity index (χ3v) is 2.39. The van der Waals surface area contributed by atoms with Crippen molar-refractivity contribution in [1.82, 2.24) is 0 Å². The topological polar surface area (TPSA) is 89.9 Å². The Balaban J connectivity index is 4.97. The number of ether oxygens (including phenoxy) is 2. The first kappa shape index (κ1) is 17.6. The molecule has 0 saturated carbocycles. The molecule has 0 amide bonds. The molecule has 0 rings (SSSR count). The van der Waals surface area contributed by atoms with Crippen LogP contribution in [0.1, 0.15) is 40.5 Å². The van der Waals surface area contributed by atoms with Gasteiger partial charge in [0, 0.05) is 0 Å². The van der Waals surface area contributed by atoms with Gasteiger partial charge in [0.1, 0.15) is 6.42 Å². The molecule has 0 radical (unpaired) electrons. The molecule has 0 fully saturated rings. The quantitative estimate of drug-likeness (QED) is 0.521. The smallest absolute Gasteiger partial charge is 0.346 e. The molecule has 0 bridgehead atoms. The van der Waals surface area contributed by atoms with Crippen LogP contribution in [0.15, 0.2) is 0 Å². The zero-order chi connectivity index (χ0) is 15.1. The summed E-state index contributed by atoms with van der Waals surface area (Å²) >= 11 is 0. The zero-order valence-corrected chi connectivity index (χ0v) is 11.9. The Labute approximate surface area is 113 Å². The summed E-state index contributed by atoms with van der Waals surface area (Å²) in [6.45, 7) is 6.86. The van der Waals surface area contributed by atoms with Crippen molar-refractivity contribution in [3.8, 4) is 0 Å². The number of carbonyl (C=O) groups is 3. The Hall–Kier alpha value is -1.43. The van der Waals surface area contributed by atoms with Gasteiger partial charge >= 0.3 is 11.9 Å². The van der Waals surface area contributed by atoms with Crippen LogP contribution in [-0.4, -0.2) is 41.6 Å². The molecule has 0 aromatic heterocycles. The van der Waals surface area contributed by atoms with Crippen molar-refractivity contribution in [1.29, 1.82) is 0 Å². The fourth-order valence-electron chi connectivity index (χ4n) is 1.64. The second-order valence-electron chi connectivity index (χ2n) is 4.58. The number of hydrogen-bond donors (Lipinski definition) is 1. The van der Waals surface area contributed by atoms with E-state index in [0.29, 0.717) is 0 Å². The van der Waals surface area contributed by atoms with E-state index in [1.807, 2.05) is 0 Å². The van der Waals surface area contributed by atoms with Crippen LogP contribution >= 0.6 is 0 Å². The van der Waals surface area contributed by atoms with Crippen LogP contribution in [0.25, 0.3) is 0 Å². The van der Waals surface area contributed by atoms with Crippen molar-refractivity contribution in [2.75, 3.05) is 13.2 Å². The number of carbonyl (C=O) groups excluding carboxylic acids is 3. The van der Waals surface area contributed by atoms with Crippen molar-refractivity contribution in [2.45, 2.75) is 46.1 Å². The number of rotatable bonds is 8. The zero-order valence-electron chi connectivity index (χ0n) is 11.9. The summed E-state index contributed by atoms with van der Waals surface area (Å²) in [6, 6.07) is 0. The highest BCUT2D eigenvalue weighted by molar-refractivity contribution is 6.12. The molecule has 19 heavy (non-hydrogen) atoms. The summed E-state index contributed by atoms with van der Waals surface area (Å²) in [7, 11) is 0. The minimum absolute atomic E-state index is 0.0475. The van der Waals surface area contributed by atoms with E-state index in [1.54, 1.807) is 27.7 Å². The van der Waals surface area contributed by atoms with Gasteiger partial charge in [0.25, 0.3) is 0 Å². The van der Waals surface area contributed by atoms with Gasteiger partial charge in [-0.15, -0.1) is 0 Å². The lowest BCUT2D eigenvalue weighted by Gasteiger charge is -2.25. The van der Waals surface area contributed by atoms with Gasteiger partial charge in [-0.25, -0.2) is 4.79 Å². The van der Waals surface area contributed by atoms with E-state index in [-0.39, 0.29) is 25.6 Å². The molecule has 0 aliphatic heterocycles. The van der Waals surface area contributed by atoms with E-state index in [2.05, 4.69) is 4.74 Å². The molecule has 0 aliphatic carbocycles. The molecule has 0 aromatic rings. The third kappa shape index (κ3) is 5.38. The number of ketones is 1. The van der Waals surface area contributed by atoms with Crippen molar-refractivity contribution in [3.05, 3.63) is 0 Å². The predicted octanol–water partition coefficient (Wildman–Crippen LogP) is 0.849. The highest BCUT2D eigenvalue weighted by Crippen LogP contribution is 2.22. The Morgan fingerprint density at radius 2 is 1.63 bits per heavy atom.